The van der Waals surface area contributed by atoms with E-state index in [1.54, 1.807) is 27.7 Å². The summed E-state index contributed by atoms with van der Waals surface area (Å²) in [7, 11) is 0. The Labute approximate surface area is 99.7 Å². The van der Waals surface area contributed by atoms with Crippen LogP contribution in [-0.4, -0.2) is 17.0 Å². The number of carbonyl (C=O) groups is 2. The first kappa shape index (κ1) is 15.1. The number of quaternary nitrogens is 1. The molecule has 0 bridgehead atoms. The van der Waals surface area contributed by atoms with Crippen molar-refractivity contribution in [3.05, 3.63) is 33.4 Å². The molecule has 0 fully saturated rings. The SMILES string of the molecule is Cc1c(C)c(C)c(C(=O)O)c(C(=O)[O-])c1C.[NH4+]. The fourth-order valence-electron chi connectivity index (χ4n) is 1.83. The molecular formula is C12H17NO4. The van der Waals surface area contributed by atoms with Gasteiger partial charge in [0.2, 0.25) is 0 Å². The van der Waals surface area contributed by atoms with Crippen molar-refractivity contribution in [2.45, 2.75) is 27.7 Å². The molecule has 0 aliphatic rings. The second-order valence-electron chi connectivity index (χ2n) is 3.84. The van der Waals surface area contributed by atoms with E-state index in [0.29, 0.717) is 11.1 Å². The average molecular weight is 239 g/mol. The number of rotatable bonds is 2. The molecule has 0 saturated heterocycles. The van der Waals surface area contributed by atoms with Crippen molar-refractivity contribution in [1.29, 1.82) is 0 Å². The number of benzene rings is 1. The topological polar surface area (TPSA) is 114 Å². The van der Waals surface area contributed by atoms with E-state index in [1.807, 2.05) is 0 Å². The van der Waals surface area contributed by atoms with E-state index in [4.69, 9.17) is 5.11 Å². The first-order chi connectivity index (χ1) is 7.29. The number of aromatic carboxylic acids is 2. The fraction of sp³-hybridized carbons (Fsp3) is 0.333. The van der Waals surface area contributed by atoms with E-state index in [1.165, 1.54) is 0 Å². The van der Waals surface area contributed by atoms with Crippen LogP contribution in [0.3, 0.4) is 0 Å². The van der Waals surface area contributed by atoms with Gasteiger partial charge < -0.3 is 21.2 Å². The maximum absolute atomic E-state index is 11.1. The number of hydrogen-bond donors (Lipinski definition) is 2. The zero-order valence-electron chi connectivity index (χ0n) is 10.7. The highest BCUT2D eigenvalue weighted by Crippen LogP contribution is 2.26. The molecule has 94 valence electrons. The number of carboxylic acid groups (broad SMARTS) is 2. The van der Waals surface area contributed by atoms with Gasteiger partial charge in [-0.05, 0) is 49.9 Å². The zero-order chi connectivity index (χ0) is 12.6. The Bertz CT molecular complexity index is 447. The summed E-state index contributed by atoms with van der Waals surface area (Å²) in [6, 6.07) is 0. The standard InChI is InChI=1S/C12H14O4.H3N/c1-5-6(2)8(4)10(12(15)16)9(7(5)3)11(13)14;/h1-4H3,(H,13,14)(H,15,16);1H3. The van der Waals surface area contributed by atoms with Crippen molar-refractivity contribution in [3.8, 4) is 0 Å². The summed E-state index contributed by atoms with van der Waals surface area (Å²) in [6.07, 6.45) is 0. The van der Waals surface area contributed by atoms with E-state index in [-0.39, 0.29) is 17.3 Å². The van der Waals surface area contributed by atoms with Crippen LogP contribution >= 0.6 is 0 Å². The summed E-state index contributed by atoms with van der Waals surface area (Å²) in [5.74, 6) is -2.68. The maximum Gasteiger partial charge on any atom is 0.336 e. The lowest BCUT2D eigenvalue weighted by atomic mass is 9.89. The van der Waals surface area contributed by atoms with Crippen LogP contribution in [-0.2, 0) is 0 Å². The van der Waals surface area contributed by atoms with Crippen LogP contribution in [0.4, 0.5) is 0 Å². The first-order valence-corrected chi connectivity index (χ1v) is 4.84. The minimum atomic E-state index is -1.44. The highest BCUT2D eigenvalue weighted by Gasteiger charge is 2.20. The van der Waals surface area contributed by atoms with Crippen molar-refractivity contribution in [2.75, 3.05) is 0 Å². The molecule has 0 aliphatic heterocycles. The molecule has 0 atom stereocenters. The monoisotopic (exact) mass is 239 g/mol. The van der Waals surface area contributed by atoms with E-state index in [2.05, 4.69) is 0 Å². The lowest BCUT2D eigenvalue weighted by molar-refractivity contribution is -0.255. The normalized spacial score (nSPS) is 9.65. The predicted octanol–water partition coefficient (Wildman–Crippen LogP) is 1.36. The Morgan fingerprint density at radius 1 is 0.882 bits per heavy atom. The van der Waals surface area contributed by atoms with E-state index < -0.39 is 11.9 Å². The largest absolute Gasteiger partial charge is 0.545 e. The molecular weight excluding hydrogens is 222 g/mol. The molecule has 0 heterocycles. The van der Waals surface area contributed by atoms with Gasteiger partial charge in [-0.25, -0.2) is 4.79 Å². The molecule has 0 aromatic heterocycles. The average Bonchev–Trinajstić information content (AvgIpc) is 2.18. The third-order valence-corrected chi connectivity index (χ3v) is 3.11. The first-order valence-electron chi connectivity index (χ1n) is 4.84. The van der Waals surface area contributed by atoms with Gasteiger partial charge >= 0.3 is 5.97 Å². The van der Waals surface area contributed by atoms with Crippen LogP contribution in [0.1, 0.15) is 43.0 Å². The smallest absolute Gasteiger partial charge is 0.336 e. The van der Waals surface area contributed by atoms with Crippen molar-refractivity contribution in [1.82, 2.24) is 6.15 Å². The molecule has 0 radical (unpaired) electrons. The van der Waals surface area contributed by atoms with Crippen molar-refractivity contribution < 1.29 is 19.8 Å². The van der Waals surface area contributed by atoms with Crippen LogP contribution in [0.25, 0.3) is 0 Å². The Morgan fingerprint density at radius 2 is 1.24 bits per heavy atom. The lowest BCUT2D eigenvalue weighted by Crippen LogP contribution is -2.27. The number of carboxylic acids is 2. The lowest BCUT2D eigenvalue weighted by Gasteiger charge is -2.18. The summed E-state index contributed by atoms with van der Waals surface area (Å²) in [4.78, 5) is 22.1. The quantitative estimate of drug-likeness (QED) is 0.810. The summed E-state index contributed by atoms with van der Waals surface area (Å²) in [5.41, 5.74) is 2.16. The van der Waals surface area contributed by atoms with Crippen molar-refractivity contribution in [2.24, 2.45) is 0 Å². The van der Waals surface area contributed by atoms with E-state index in [9.17, 15) is 14.7 Å². The van der Waals surface area contributed by atoms with Gasteiger partial charge in [-0.2, -0.15) is 0 Å². The summed E-state index contributed by atoms with van der Waals surface area (Å²) in [5, 5.41) is 20.0. The van der Waals surface area contributed by atoms with Crippen molar-refractivity contribution >= 4 is 11.9 Å². The highest BCUT2D eigenvalue weighted by atomic mass is 16.4. The van der Waals surface area contributed by atoms with Gasteiger partial charge in [0.15, 0.2) is 0 Å². The van der Waals surface area contributed by atoms with Gasteiger partial charge in [0, 0.05) is 5.56 Å². The molecule has 0 saturated carbocycles. The molecule has 0 aliphatic carbocycles. The molecule has 5 N–H and O–H groups in total. The van der Waals surface area contributed by atoms with Crippen LogP contribution in [0.15, 0.2) is 0 Å². The molecule has 0 amide bonds. The van der Waals surface area contributed by atoms with E-state index >= 15 is 0 Å². The Balaban J connectivity index is 0.00000256. The van der Waals surface area contributed by atoms with Crippen LogP contribution in [0.5, 0.6) is 0 Å². The number of carbonyl (C=O) groups excluding carboxylic acids is 1. The van der Waals surface area contributed by atoms with Crippen LogP contribution < -0.4 is 11.3 Å². The second-order valence-corrected chi connectivity index (χ2v) is 3.84. The zero-order valence-corrected chi connectivity index (χ0v) is 10.7. The van der Waals surface area contributed by atoms with Gasteiger partial charge in [0.25, 0.3) is 0 Å². The summed E-state index contributed by atoms with van der Waals surface area (Å²) < 4.78 is 0. The number of hydrogen-bond acceptors (Lipinski definition) is 3. The minimum Gasteiger partial charge on any atom is -0.545 e. The minimum absolute atomic E-state index is 0. The third kappa shape index (κ3) is 2.29. The van der Waals surface area contributed by atoms with Crippen LogP contribution in [0, 0.1) is 27.7 Å². The van der Waals surface area contributed by atoms with Crippen molar-refractivity contribution in [3.63, 3.8) is 0 Å². The molecule has 1 aromatic carbocycles. The maximum atomic E-state index is 11.1. The molecule has 1 aromatic rings. The van der Waals surface area contributed by atoms with Gasteiger partial charge in [-0.15, -0.1) is 0 Å². The molecule has 5 nitrogen and oxygen atoms in total. The highest BCUT2D eigenvalue weighted by molar-refractivity contribution is 6.03. The third-order valence-electron chi connectivity index (χ3n) is 3.11. The Kier molecular flexibility index (Phi) is 4.42. The molecule has 17 heavy (non-hydrogen) atoms. The Morgan fingerprint density at radius 3 is 1.53 bits per heavy atom. The van der Waals surface area contributed by atoms with Crippen LogP contribution in [0.2, 0.25) is 0 Å². The van der Waals surface area contributed by atoms with E-state index in [0.717, 1.165) is 11.1 Å². The molecule has 5 heteroatoms. The molecule has 0 spiro atoms. The second kappa shape index (κ2) is 4.97. The van der Waals surface area contributed by atoms with Gasteiger partial charge in [0.1, 0.15) is 0 Å². The summed E-state index contributed by atoms with van der Waals surface area (Å²) >= 11 is 0. The fourth-order valence-corrected chi connectivity index (χ4v) is 1.83. The van der Waals surface area contributed by atoms with Gasteiger partial charge in [0.05, 0.1) is 11.5 Å². The predicted molar refractivity (Wildman–Crippen MR) is 62.7 cm³/mol. The molecule has 0 unspecified atom stereocenters. The Hall–Kier alpha value is -1.88. The summed E-state index contributed by atoms with van der Waals surface area (Å²) in [6.45, 7) is 6.76. The molecule has 1 rings (SSSR count). The van der Waals surface area contributed by atoms with Gasteiger partial charge in [-0.3, -0.25) is 0 Å². The van der Waals surface area contributed by atoms with Gasteiger partial charge in [-0.1, -0.05) is 0 Å².